The SMILES string of the molecule is COc1cc([C@H]2CC(=O)[C@@H]3[C@@H]4C=C[C@@]56C#CC[C@H]7N[C@]89CC[C@@]3(O)[C@H]([C@@H]7C#C[C@@H]2Cc2ccccc2)[C@]82c3cc(O)c(O)cc3[C@H]3C[C@@H]2[C@@]27C[C@@]38CCC[C@@H]8C=C2[C@H]2C[C@H](O)C(=CC2=C[C@H]7C9)Cc2cc4c5c(c2)[C@]2(CCCC23CCCC3)C[C@@H]6O)c(CO)cc1O. The Hall–Kier alpha value is -6.37. The molecule has 4 aromatic carbocycles. The number of phenolic OH excluding ortho intramolecular Hbond substituents is 3. The van der Waals surface area contributed by atoms with Gasteiger partial charge < -0.3 is 45.8 Å². The Labute approximate surface area is 539 Å². The van der Waals surface area contributed by atoms with Gasteiger partial charge in [-0.15, -0.1) is 5.92 Å². The molecular weight excluding hydrogens is 1140 g/mol. The van der Waals surface area contributed by atoms with E-state index in [0.717, 1.165) is 122 Å². The summed E-state index contributed by atoms with van der Waals surface area (Å²) in [6.07, 6.45) is 27.5. The number of hydrogen-bond donors (Lipinski definition) is 8. The second kappa shape index (κ2) is 18.5. The molecule has 92 heavy (non-hydrogen) atoms. The third-order valence-corrected chi connectivity index (χ3v) is 30.3. The number of aliphatic hydroxyl groups excluding tert-OH is 3. The molecule has 7 fully saturated rings. The van der Waals surface area contributed by atoms with E-state index < -0.39 is 87.7 Å². The molecular formula is C82H85NO9. The van der Waals surface area contributed by atoms with Crippen molar-refractivity contribution in [1.29, 1.82) is 0 Å². The van der Waals surface area contributed by atoms with Crippen LogP contribution in [0.25, 0.3) is 0 Å². The number of allylic oxidation sites excluding steroid dienone is 6. The zero-order valence-electron chi connectivity index (χ0n) is 52.8. The van der Waals surface area contributed by atoms with Crippen molar-refractivity contribution >= 4 is 5.78 Å². The summed E-state index contributed by atoms with van der Waals surface area (Å²) in [5, 5.41) is 95.4. The molecule has 0 unspecified atom stereocenters. The fraction of sp³-hybridized carbons (Fsp3) is 0.549. The van der Waals surface area contributed by atoms with Crippen LogP contribution in [0.1, 0.15) is 190 Å². The molecule has 8 N–H and O–H groups in total. The van der Waals surface area contributed by atoms with E-state index in [1.165, 1.54) is 23.8 Å². The van der Waals surface area contributed by atoms with E-state index in [1.54, 1.807) is 12.1 Å². The highest BCUT2D eigenvalue weighted by Crippen LogP contribution is 2.86. The normalized spacial score (nSPS) is 44.4. The van der Waals surface area contributed by atoms with E-state index in [9.17, 15) is 30.6 Å². The number of methoxy groups -OCH3 is 1. The number of carbonyl (C=O) groups is 1. The first-order chi connectivity index (χ1) is 44.6. The van der Waals surface area contributed by atoms with Crippen LogP contribution in [0.4, 0.5) is 0 Å². The maximum absolute atomic E-state index is 18.0. The third kappa shape index (κ3) is 6.53. The number of aromatic hydroxyl groups is 3. The first-order valence-corrected chi connectivity index (χ1v) is 35.6. The Morgan fingerprint density at radius 3 is 2.48 bits per heavy atom. The molecule has 0 aromatic heterocycles. The lowest BCUT2D eigenvalue weighted by atomic mass is 9.23. The number of hydrogen-bond acceptors (Lipinski definition) is 10. The number of ketones is 1. The van der Waals surface area contributed by atoms with Gasteiger partial charge in [0.25, 0.3) is 0 Å². The maximum atomic E-state index is 18.0. The van der Waals surface area contributed by atoms with Crippen LogP contribution in [0.5, 0.6) is 23.0 Å². The molecule has 17 aliphatic carbocycles. The van der Waals surface area contributed by atoms with Gasteiger partial charge in [-0.3, -0.25) is 4.79 Å². The molecule has 6 saturated carbocycles. The van der Waals surface area contributed by atoms with Crippen molar-refractivity contribution in [3.8, 4) is 46.7 Å². The molecule has 0 amide bonds. The van der Waals surface area contributed by atoms with Gasteiger partial charge in [-0.25, -0.2) is 0 Å². The van der Waals surface area contributed by atoms with Crippen molar-refractivity contribution in [1.82, 2.24) is 5.32 Å². The Bertz CT molecular complexity index is 4240. The molecule has 22 rings (SSSR count). The summed E-state index contributed by atoms with van der Waals surface area (Å²) in [5.74, 6) is 12.0. The fourth-order valence-electron chi connectivity index (χ4n) is 27.4. The highest BCUT2D eigenvalue weighted by atomic mass is 16.5. The van der Waals surface area contributed by atoms with Crippen molar-refractivity contribution < 1.29 is 45.3 Å². The fourth-order valence-corrected chi connectivity index (χ4v) is 27.4. The summed E-state index contributed by atoms with van der Waals surface area (Å²) in [6.45, 7) is -0.400. The Balaban J connectivity index is 0.952. The molecule has 10 heteroatoms. The molecule has 7 spiro atoms. The number of piperidine rings is 1. The van der Waals surface area contributed by atoms with Gasteiger partial charge in [0.05, 0.1) is 37.4 Å². The summed E-state index contributed by atoms with van der Waals surface area (Å²) >= 11 is 0. The summed E-state index contributed by atoms with van der Waals surface area (Å²) < 4.78 is 5.90. The van der Waals surface area contributed by atoms with E-state index in [2.05, 4.69) is 83.6 Å². The van der Waals surface area contributed by atoms with Crippen LogP contribution in [-0.2, 0) is 40.5 Å². The minimum atomic E-state index is -1.77. The van der Waals surface area contributed by atoms with Gasteiger partial charge in [0.2, 0.25) is 0 Å². The zero-order valence-corrected chi connectivity index (χ0v) is 52.8. The van der Waals surface area contributed by atoms with E-state index in [4.69, 9.17) is 4.74 Å². The molecule has 4 aromatic rings. The van der Waals surface area contributed by atoms with Crippen molar-refractivity contribution in [2.24, 2.45) is 63.6 Å². The van der Waals surface area contributed by atoms with Crippen molar-refractivity contribution in [2.75, 3.05) is 7.11 Å². The number of ether oxygens (including phenoxy) is 1. The quantitative estimate of drug-likeness (QED) is 0.0545. The standard InChI is InChI=1S/C82H85NO9/c1-92-69-37-55(49(42-84)32-67(69)88)54-34-68(89)73-52-16-23-76-20-8-13-63-53(15-14-46(54)26-44-10-3-2-4-11-44)74-81(73,91)25-24-79(83-63)40-51-31-47-30-48(27-45-28-57(52)72(76)62(29-45)78(41-71(76)90)22-9-19-75(78)17-5-6-18-75)64(85)35-56(47)60-33-50-12-7-21-77(50)43-80(51,60)70-39-59(77)58-36-65(86)66(87)38-61(58)82(70,74)79/h2-4,10-11,16,23,28-33,36-38,46,50-54,56,59,63-64,70-71,73-74,83-88,90-91H,5-7,9,12-13,17-19,21-22,24-27,34-35,39-43H2,1H3/t46-,50-,51+,52-,53-,54+,56+,59-,63-,64+,70-,71+,73+,74+,76-,77-,78+,79+,80-,81+,82-/m1/s1. The van der Waals surface area contributed by atoms with Crippen LogP contribution >= 0.6 is 0 Å². The highest BCUT2D eigenvalue weighted by Gasteiger charge is 2.84. The van der Waals surface area contributed by atoms with Crippen molar-refractivity contribution in [2.45, 2.75) is 205 Å². The average molecular weight is 1230 g/mol. The molecule has 10 nitrogen and oxygen atoms in total. The van der Waals surface area contributed by atoms with E-state index in [0.29, 0.717) is 62.0 Å². The van der Waals surface area contributed by atoms with E-state index in [1.807, 2.05) is 30.3 Å². The monoisotopic (exact) mass is 1230 g/mol. The molecule has 472 valence electrons. The lowest BCUT2D eigenvalue weighted by molar-refractivity contribution is -0.262. The van der Waals surface area contributed by atoms with Gasteiger partial charge in [-0.05, 0) is 216 Å². The summed E-state index contributed by atoms with van der Waals surface area (Å²) in [4.78, 5) is 18.0. The molecule has 1 saturated heterocycles. The van der Waals surface area contributed by atoms with Gasteiger partial charge in [0, 0.05) is 76.2 Å². The first kappa shape index (κ1) is 56.0. The zero-order chi connectivity index (χ0) is 62.0. The van der Waals surface area contributed by atoms with E-state index in [-0.39, 0.29) is 75.1 Å². The van der Waals surface area contributed by atoms with Gasteiger partial charge in [-0.2, -0.15) is 0 Å². The van der Waals surface area contributed by atoms with Crippen LogP contribution in [0.2, 0.25) is 0 Å². The number of benzene rings is 4. The van der Waals surface area contributed by atoms with Crippen LogP contribution in [0, 0.1) is 87.3 Å². The minimum Gasteiger partial charge on any atom is -0.504 e. The van der Waals surface area contributed by atoms with Crippen LogP contribution in [0.3, 0.4) is 0 Å². The maximum Gasteiger partial charge on any atom is 0.160 e. The molecule has 1 heterocycles. The average Bonchev–Trinajstić information content (AvgIpc) is 0.964. The van der Waals surface area contributed by atoms with Crippen molar-refractivity contribution in [3.05, 3.63) is 164 Å². The lowest BCUT2D eigenvalue weighted by Gasteiger charge is -2.82. The Morgan fingerprint density at radius 2 is 1.64 bits per heavy atom. The van der Waals surface area contributed by atoms with Gasteiger partial charge in [0.15, 0.2) is 23.0 Å². The molecule has 19 bridgehead atoms. The van der Waals surface area contributed by atoms with Crippen molar-refractivity contribution in [3.63, 3.8) is 0 Å². The second-order valence-corrected chi connectivity index (χ2v) is 32.9. The summed E-state index contributed by atoms with van der Waals surface area (Å²) in [6, 6.07) is 22.0. The number of aliphatic hydroxyl groups is 4. The number of Topliss-reactive ketones (excluding diaryl/α,β-unsaturated/α-hetero) is 1. The largest absolute Gasteiger partial charge is 0.504 e. The summed E-state index contributed by atoms with van der Waals surface area (Å²) in [5.41, 5.74) is 6.97. The number of rotatable bonds is 5. The molecule has 21 atom stereocenters. The number of nitrogens with one attached hydrogen (secondary N) is 1. The Kier molecular flexibility index (Phi) is 11.3. The Morgan fingerprint density at radius 1 is 0.804 bits per heavy atom. The van der Waals surface area contributed by atoms with Gasteiger partial charge in [0.1, 0.15) is 11.2 Å². The van der Waals surface area contributed by atoms with Crippen LogP contribution in [-0.4, -0.2) is 78.0 Å². The molecule has 18 aliphatic rings. The topological polar surface area (TPSA) is 180 Å². The number of fused-ring (bicyclic) bond motifs is 7. The van der Waals surface area contributed by atoms with E-state index >= 15 is 9.90 Å². The smallest absolute Gasteiger partial charge is 0.160 e. The molecule has 1 aliphatic heterocycles. The van der Waals surface area contributed by atoms with Crippen LogP contribution in [0.15, 0.2) is 114 Å². The third-order valence-electron chi connectivity index (χ3n) is 30.3. The second-order valence-electron chi connectivity index (χ2n) is 32.9. The van der Waals surface area contributed by atoms with Gasteiger partial charge in [-0.1, -0.05) is 122 Å². The van der Waals surface area contributed by atoms with Crippen LogP contribution < -0.4 is 10.1 Å². The minimum absolute atomic E-state index is 0.00325. The van der Waals surface area contributed by atoms with Gasteiger partial charge >= 0.3 is 0 Å². The lowest BCUT2D eigenvalue weighted by Crippen LogP contribution is -2.87. The first-order valence-electron chi connectivity index (χ1n) is 35.6. The number of carbonyl (C=O) groups excluding carboxylic acids is 1. The predicted octanol–water partition coefficient (Wildman–Crippen LogP) is 12.0. The predicted molar refractivity (Wildman–Crippen MR) is 347 cm³/mol. The highest BCUT2D eigenvalue weighted by molar-refractivity contribution is 5.86. The number of phenols is 3. The molecule has 0 radical (unpaired) electrons. The summed E-state index contributed by atoms with van der Waals surface area (Å²) in [7, 11) is 1.53.